The number of para-hydroxylation sites is 2. The van der Waals surface area contributed by atoms with Gasteiger partial charge in [0.15, 0.2) is 5.58 Å². The maximum Gasteiger partial charge on any atom is 0.302 e. The Kier molecular flexibility index (Phi) is 4.50. The number of carbonyl (C=O) groups is 1. The molecule has 0 bridgehead atoms. The number of halogens is 1. The molecule has 0 radical (unpaired) electrons. The van der Waals surface area contributed by atoms with Crippen LogP contribution in [0.1, 0.15) is 31.9 Å². The van der Waals surface area contributed by atoms with Crippen LogP contribution < -0.4 is 10.6 Å². The molecule has 152 valence electrons. The van der Waals surface area contributed by atoms with E-state index in [1.165, 1.54) is 0 Å². The third kappa shape index (κ3) is 3.54. The fourth-order valence-electron chi connectivity index (χ4n) is 4.18. The Morgan fingerprint density at radius 1 is 1.20 bits per heavy atom. The largest absolute Gasteiger partial charge is 0.423 e. The monoisotopic (exact) mass is 464 g/mol. The molecule has 2 aliphatic rings. The molecule has 2 aromatic carbocycles. The maximum absolute atomic E-state index is 13.1. The Morgan fingerprint density at radius 3 is 2.83 bits per heavy atom. The number of anilines is 1. The van der Waals surface area contributed by atoms with Crippen molar-refractivity contribution < 1.29 is 9.21 Å². The molecule has 0 unspecified atom stereocenters. The minimum atomic E-state index is -0.332. The van der Waals surface area contributed by atoms with E-state index in [0.29, 0.717) is 24.0 Å². The second kappa shape index (κ2) is 7.09. The first-order valence-electron chi connectivity index (χ1n) is 9.86. The Morgan fingerprint density at radius 2 is 2.03 bits per heavy atom. The van der Waals surface area contributed by atoms with Gasteiger partial charge in [-0.15, -0.1) is 0 Å². The number of hydrogen-bond acceptors (Lipinski definition) is 6. The number of carbonyl (C=O) groups excluding carboxylic acids is 1. The summed E-state index contributed by atoms with van der Waals surface area (Å²) in [5.41, 5.74) is 3.11. The van der Waals surface area contributed by atoms with Gasteiger partial charge in [0.05, 0.1) is 12.0 Å². The lowest BCUT2D eigenvalue weighted by atomic mass is 9.72. The molecule has 5 rings (SSSR count). The van der Waals surface area contributed by atoms with E-state index >= 15 is 0 Å². The van der Waals surface area contributed by atoms with Gasteiger partial charge in [0.2, 0.25) is 5.96 Å². The number of fused-ring (bicyclic) bond motifs is 2. The summed E-state index contributed by atoms with van der Waals surface area (Å²) in [4.78, 5) is 22.4. The zero-order valence-corrected chi connectivity index (χ0v) is 18.2. The molecule has 0 spiro atoms. The zero-order chi connectivity index (χ0) is 20.9. The summed E-state index contributed by atoms with van der Waals surface area (Å²) in [6.45, 7) is 4.15. The highest BCUT2D eigenvalue weighted by atomic mass is 79.9. The van der Waals surface area contributed by atoms with Crippen LogP contribution in [0.5, 0.6) is 0 Å². The van der Waals surface area contributed by atoms with E-state index in [9.17, 15) is 4.79 Å². The topological polar surface area (TPSA) is 79.5 Å². The second-order valence-corrected chi connectivity index (χ2v) is 9.34. The lowest BCUT2D eigenvalue weighted by Crippen LogP contribution is -2.45. The molecule has 0 saturated carbocycles. The molecule has 2 N–H and O–H groups in total. The van der Waals surface area contributed by atoms with Gasteiger partial charge in [-0.05, 0) is 35.2 Å². The minimum Gasteiger partial charge on any atom is -0.423 e. The van der Waals surface area contributed by atoms with E-state index in [0.717, 1.165) is 21.2 Å². The van der Waals surface area contributed by atoms with Gasteiger partial charge in [-0.2, -0.15) is 4.98 Å². The van der Waals surface area contributed by atoms with Gasteiger partial charge in [-0.1, -0.05) is 60.1 Å². The predicted octanol–water partition coefficient (Wildman–Crippen LogP) is 5.20. The Hall–Kier alpha value is -2.93. The summed E-state index contributed by atoms with van der Waals surface area (Å²) >= 11 is 3.53. The SMILES string of the molecule is CC1(C)C=C2NC(Nc3nc4ccccc4o3)=N[C@@H](c3cccc(Br)c3)[C@@H]2C(=O)C1. The highest BCUT2D eigenvalue weighted by Gasteiger charge is 2.42. The van der Waals surface area contributed by atoms with Crippen LogP contribution in [0.15, 0.2) is 74.2 Å². The molecule has 1 aromatic heterocycles. The van der Waals surface area contributed by atoms with E-state index in [1.54, 1.807) is 0 Å². The van der Waals surface area contributed by atoms with Crippen LogP contribution in [0, 0.1) is 11.3 Å². The van der Waals surface area contributed by atoms with Crippen LogP contribution in [0.2, 0.25) is 0 Å². The first-order chi connectivity index (χ1) is 14.4. The molecule has 1 aliphatic carbocycles. The third-order valence-electron chi connectivity index (χ3n) is 5.41. The molecule has 0 amide bonds. The highest BCUT2D eigenvalue weighted by molar-refractivity contribution is 9.10. The van der Waals surface area contributed by atoms with Crippen molar-refractivity contribution in [3.63, 3.8) is 0 Å². The number of aromatic nitrogens is 1. The average Bonchev–Trinajstić information content (AvgIpc) is 3.08. The number of ketones is 1. The van der Waals surface area contributed by atoms with Crippen molar-refractivity contribution in [2.24, 2.45) is 16.3 Å². The standard InChI is InChI=1S/C23H21BrN4O2/c1-23(2)11-16-19(17(29)12-23)20(13-6-5-7-14(24)10-13)27-21(25-16)28-22-26-15-8-3-4-9-18(15)30-22/h3-11,19-20H,12H2,1-2H3,(H2,25,26,27,28)/t19-,20-/m0/s1. The van der Waals surface area contributed by atoms with E-state index in [-0.39, 0.29) is 23.2 Å². The number of aliphatic imine (C=N–C) groups is 1. The Bertz CT molecular complexity index is 1180. The lowest BCUT2D eigenvalue weighted by molar-refractivity contribution is -0.124. The van der Waals surface area contributed by atoms with Crippen molar-refractivity contribution in [3.05, 3.63) is 70.3 Å². The minimum absolute atomic E-state index is 0.194. The summed E-state index contributed by atoms with van der Waals surface area (Å²) in [5.74, 6) is 0.376. The number of rotatable bonds is 2. The molecule has 1 aliphatic heterocycles. The smallest absolute Gasteiger partial charge is 0.302 e. The second-order valence-electron chi connectivity index (χ2n) is 8.42. The normalized spacial score (nSPS) is 22.7. The van der Waals surface area contributed by atoms with Crippen molar-refractivity contribution >= 4 is 44.8 Å². The van der Waals surface area contributed by atoms with Crippen molar-refractivity contribution in [2.75, 3.05) is 5.32 Å². The molecule has 0 saturated heterocycles. The van der Waals surface area contributed by atoms with Gasteiger partial charge >= 0.3 is 6.01 Å². The molecule has 6 nitrogen and oxygen atoms in total. The molecular formula is C23H21BrN4O2. The predicted molar refractivity (Wildman–Crippen MR) is 120 cm³/mol. The molecule has 3 aromatic rings. The number of guanidine groups is 1. The molecule has 30 heavy (non-hydrogen) atoms. The fraction of sp³-hybridized carbons (Fsp3) is 0.261. The molecule has 2 heterocycles. The summed E-state index contributed by atoms with van der Waals surface area (Å²) in [6, 6.07) is 15.6. The van der Waals surface area contributed by atoms with E-state index < -0.39 is 0 Å². The van der Waals surface area contributed by atoms with Crippen LogP contribution in [-0.4, -0.2) is 16.7 Å². The van der Waals surface area contributed by atoms with E-state index in [1.807, 2.05) is 48.5 Å². The van der Waals surface area contributed by atoms with Gasteiger partial charge in [-0.25, -0.2) is 4.99 Å². The molecule has 0 fully saturated rings. The third-order valence-corrected chi connectivity index (χ3v) is 5.91. The van der Waals surface area contributed by atoms with Crippen LogP contribution in [-0.2, 0) is 4.79 Å². The number of nitrogens with zero attached hydrogens (tertiary/aromatic N) is 2. The summed E-state index contributed by atoms with van der Waals surface area (Å²) in [5, 5.41) is 6.47. The van der Waals surface area contributed by atoms with Crippen molar-refractivity contribution in [2.45, 2.75) is 26.3 Å². The van der Waals surface area contributed by atoms with Gasteiger partial charge in [0, 0.05) is 16.6 Å². The summed E-state index contributed by atoms with van der Waals surface area (Å²) < 4.78 is 6.75. The number of benzene rings is 2. The molecular weight excluding hydrogens is 444 g/mol. The Labute approximate surface area is 182 Å². The van der Waals surface area contributed by atoms with Gasteiger partial charge in [0.25, 0.3) is 0 Å². The number of oxazole rings is 1. The first-order valence-corrected chi connectivity index (χ1v) is 10.7. The van der Waals surface area contributed by atoms with Gasteiger partial charge < -0.3 is 9.73 Å². The van der Waals surface area contributed by atoms with Crippen LogP contribution >= 0.6 is 15.9 Å². The van der Waals surface area contributed by atoms with E-state index in [4.69, 9.17) is 9.41 Å². The fourth-order valence-corrected chi connectivity index (χ4v) is 4.60. The highest BCUT2D eigenvalue weighted by Crippen LogP contribution is 2.43. The lowest BCUT2D eigenvalue weighted by Gasteiger charge is -2.38. The molecule has 2 atom stereocenters. The molecule has 7 heteroatoms. The maximum atomic E-state index is 13.1. The first kappa shape index (κ1) is 19.1. The number of hydrogen-bond donors (Lipinski definition) is 2. The van der Waals surface area contributed by atoms with E-state index in [2.05, 4.69) is 51.5 Å². The van der Waals surface area contributed by atoms with Crippen LogP contribution in [0.3, 0.4) is 0 Å². The van der Waals surface area contributed by atoms with Crippen LogP contribution in [0.4, 0.5) is 6.01 Å². The average molecular weight is 465 g/mol. The number of nitrogens with one attached hydrogen (secondary N) is 2. The van der Waals surface area contributed by atoms with Crippen LogP contribution in [0.25, 0.3) is 11.1 Å². The van der Waals surface area contributed by atoms with Crippen molar-refractivity contribution in [1.82, 2.24) is 10.3 Å². The summed E-state index contributed by atoms with van der Waals surface area (Å²) in [6.07, 6.45) is 2.64. The van der Waals surface area contributed by atoms with Gasteiger partial charge in [0.1, 0.15) is 11.3 Å². The number of allylic oxidation sites excluding steroid dienone is 1. The van der Waals surface area contributed by atoms with Crippen molar-refractivity contribution in [1.29, 1.82) is 0 Å². The summed E-state index contributed by atoms with van der Waals surface area (Å²) in [7, 11) is 0. The quantitative estimate of drug-likeness (QED) is 0.544. The Balaban J connectivity index is 1.56. The number of Topliss-reactive ketones (excluding diaryl/α,β-unsaturated/α-hetero) is 1. The van der Waals surface area contributed by atoms with Gasteiger partial charge in [-0.3, -0.25) is 10.1 Å². The zero-order valence-electron chi connectivity index (χ0n) is 16.6. The van der Waals surface area contributed by atoms with Crippen molar-refractivity contribution in [3.8, 4) is 0 Å².